The second-order valence-electron chi connectivity index (χ2n) is 3.73. The third-order valence-electron chi connectivity index (χ3n) is 2.67. The molecule has 2 heteroatoms. The molecule has 1 aromatic carbocycles. The zero-order valence-corrected chi connectivity index (χ0v) is 8.37. The minimum absolute atomic E-state index is 0.847. The number of anilines is 2. The highest BCUT2D eigenvalue weighted by Gasteiger charge is 2.15. The van der Waals surface area contributed by atoms with Crippen molar-refractivity contribution >= 4 is 11.4 Å². The fraction of sp³-hybridized carbons (Fsp3) is 0.333. The molecule has 0 saturated heterocycles. The summed E-state index contributed by atoms with van der Waals surface area (Å²) in [4.78, 5) is 2.34. The zero-order valence-electron chi connectivity index (χ0n) is 8.37. The number of nitrogens with two attached hydrogens (primary N) is 1. The van der Waals surface area contributed by atoms with Crippen LogP contribution in [0.2, 0.25) is 0 Å². The number of benzene rings is 1. The first-order valence-electron chi connectivity index (χ1n) is 5.05. The number of aryl methyl sites for hydroxylation is 1. The molecule has 1 aliphatic rings. The standard InChI is InChI=1S/C12H16N2/c1-2-7-14-8-3-4-10-5-6-11(13)9-12(10)14/h2,5-6,9H,1,3-4,7-8,13H2. The first-order valence-corrected chi connectivity index (χ1v) is 5.05. The Balaban J connectivity index is 2.36. The Labute approximate surface area is 85.0 Å². The Kier molecular flexibility index (Phi) is 2.44. The summed E-state index contributed by atoms with van der Waals surface area (Å²) >= 11 is 0. The van der Waals surface area contributed by atoms with Gasteiger partial charge >= 0.3 is 0 Å². The third kappa shape index (κ3) is 1.60. The van der Waals surface area contributed by atoms with E-state index in [2.05, 4.69) is 23.6 Å². The third-order valence-corrected chi connectivity index (χ3v) is 2.67. The van der Waals surface area contributed by atoms with Crippen molar-refractivity contribution in [3.63, 3.8) is 0 Å². The molecule has 2 nitrogen and oxygen atoms in total. The van der Waals surface area contributed by atoms with Gasteiger partial charge in [-0.2, -0.15) is 0 Å². The number of nitrogens with zero attached hydrogens (tertiary/aromatic N) is 1. The average molecular weight is 188 g/mol. The van der Waals surface area contributed by atoms with Crippen molar-refractivity contribution in [2.45, 2.75) is 12.8 Å². The summed E-state index contributed by atoms with van der Waals surface area (Å²) in [5, 5.41) is 0. The number of hydrogen-bond acceptors (Lipinski definition) is 2. The average Bonchev–Trinajstić information content (AvgIpc) is 2.19. The van der Waals surface area contributed by atoms with Crippen LogP contribution in [0.1, 0.15) is 12.0 Å². The Hall–Kier alpha value is -1.44. The fourth-order valence-corrected chi connectivity index (χ4v) is 2.01. The van der Waals surface area contributed by atoms with Crippen LogP contribution >= 0.6 is 0 Å². The van der Waals surface area contributed by atoms with Crippen molar-refractivity contribution in [3.8, 4) is 0 Å². The second-order valence-corrected chi connectivity index (χ2v) is 3.73. The van der Waals surface area contributed by atoms with E-state index in [1.54, 1.807) is 0 Å². The van der Waals surface area contributed by atoms with E-state index in [4.69, 9.17) is 5.73 Å². The van der Waals surface area contributed by atoms with E-state index >= 15 is 0 Å². The van der Waals surface area contributed by atoms with Gasteiger partial charge in [-0.25, -0.2) is 0 Å². The molecule has 0 spiro atoms. The number of rotatable bonds is 2. The molecule has 14 heavy (non-hydrogen) atoms. The van der Waals surface area contributed by atoms with E-state index in [1.165, 1.54) is 24.1 Å². The number of hydrogen-bond donors (Lipinski definition) is 1. The minimum atomic E-state index is 0.847. The van der Waals surface area contributed by atoms with Gasteiger partial charge in [0.25, 0.3) is 0 Å². The summed E-state index contributed by atoms with van der Waals surface area (Å²) in [6.45, 7) is 5.80. The first kappa shape index (κ1) is 9.13. The molecule has 0 saturated carbocycles. The highest BCUT2D eigenvalue weighted by Crippen LogP contribution is 2.28. The van der Waals surface area contributed by atoms with Crippen LogP contribution < -0.4 is 10.6 Å². The highest BCUT2D eigenvalue weighted by molar-refractivity contribution is 5.62. The Morgan fingerprint density at radius 3 is 3.14 bits per heavy atom. The van der Waals surface area contributed by atoms with Gasteiger partial charge in [0.15, 0.2) is 0 Å². The van der Waals surface area contributed by atoms with Crippen LogP contribution in [-0.2, 0) is 6.42 Å². The van der Waals surface area contributed by atoms with Gasteiger partial charge in [0.05, 0.1) is 0 Å². The number of fused-ring (bicyclic) bond motifs is 1. The molecule has 0 amide bonds. The smallest absolute Gasteiger partial charge is 0.0422 e. The predicted molar refractivity (Wildman–Crippen MR) is 61.6 cm³/mol. The fourth-order valence-electron chi connectivity index (χ4n) is 2.01. The van der Waals surface area contributed by atoms with E-state index < -0.39 is 0 Å². The summed E-state index contributed by atoms with van der Waals surface area (Å²) in [5.74, 6) is 0. The van der Waals surface area contributed by atoms with Crippen molar-refractivity contribution < 1.29 is 0 Å². The molecular formula is C12H16N2. The van der Waals surface area contributed by atoms with Crippen LogP contribution in [0, 0.1) is 0 Å². The topological polar surface area (TPSA) is 29.3 Å². The summed E-state index contributed by atoms with van der Waals surface area (Å²) < 4.78 is 0. The predicted octanol–water partition coefficient (Wildman–Crippen LogP) is 2.21. The van der Waals surface area contributed by atoms with Gasteiger partial charge in [-0.3, -0.25) is 0 Å². The lowest BCUT2D eigenvalue weighted by atomic mass is 10.0. The van der Waals surface area contributed by atoms with Crippen molar-refractivity contribution in [1.29, 1.82) is 0 Å². The van der Waals surface area contributed by atoms with Crippen LogP contribution in [-0.4, -0.2) is 13.1 Å². The van der Waals surface area contributed by atoms with Crippen molar-refractivity contribution in [2.24, 2.45) is 0 Å². The highest BCUT2D eigenvalue weighted by atomic mass is 15.1. The molecule has 0 radical (unpaired) electrons. The molecule has 0 unspecified atom stereocenters. The maximum Gasteiger partial charge on any atom is 0.0422 e. The van der Waals surface area contributed by atoms with Gasteiger partial charge in [-0.15, -0.1) is 6.58 Å². The molecular weight excluding hydrogens is 172 g/mol. The molecule has 0 aromatic heterocycles. The SMILES string of the molecule is C=CCN1CCCc2ccc(N)cc21. The molecule has 1 aromatic rings. The summed E-state index contributed by atoms with van der Waals surface area (Å²) in [7, 11) is 0. The maximum absolute atomic E-state index is 5.79. The Bertz CT molecular complexity index is 344. The van der Waals surface area contributed by atoms with Gasteiger partial charge in [-0.05, 0) is 30.5 Å². The first-order chi connectivity index (χ1) is 6.81. The molecule has 0 atom stereocenters. The molecule has 2 rings (SSSR count). The van der Waals surface area contributed by atoms with Crippen LogP contribution in [0.5, 0.6) is 0 Å². The quantitative estimate of drug-likeness (QED) is 0.569. The van der Waals surface area contributed by atoms with Crippen LogP contribution in [0.4, 0.5) is 11.4 Å². The van der Waals surface area contributed by atoms with Gasteiger partial charge in [0, 0.05) is 24.5 Å². The minimum Gasteiger partial charge on any atom is -0.399 e. The van der Waals surface area contributed by atoms with Gasteiger partial charge in [-0.1, -0.05) is 12.1 Å². The lowest BCUT2D eigenvalue weighted by Crippen LogP contribution is -2.29. The van der Waals surface area contributed by atoms with Gasteiger partial charge in [0.2, 0.25) is 0 Å². The lowest BCUT2D eigenvalue weighted by molar-refractivity contribution is 0.723. The van der Waals surface area contributed by atoms with E-state index in [0.717, 1.165) is 18.8 Å². The molecule has 0 bridgehead atoms. The van der Waals surface area contributed by atoms with Gasteiger partial charge in [0.1, 0.15) is 0 Å². The van der Waals surface area contributed by atoms with E-state index in [-0.39, 0.29) is 0 Å². The van der Waals surface area contributed by atoms with Crippen LogP contribution in [0.25, 0.3) is 0 Å². The van der Waals surface area contributed by atoms with Crippen molar-refractivity contribution in [3.05, 3.63) is 36.4 Å². The monoisotopic (exact) mass is 188 g/mol. The second kappa shape index (κ2) is 3.74. The van der Waals surface area contributed by atoms with Gasteiger partial charge < -0.3 is 10.6 Å². The van der Waals surface area contributed by atoms with Crippen molar-refractivity contribution in [2.75, 3.05) is 23.7 Å². The molecule has 1 heterocycles. The molecule has 0 fully saturated rings. The summed E-state index contributed by atoms with van der Waals surface area (Å²) in [5.41, 5.74) is 9.33. The number of nitrogen functional groups attached to an aromatic ring is 1. The Morgan fingerprint density at radius 1 is 1.50 bits per heavy atom. The zero-order chi connectivity index (χ0) is 9.97. The van der Waals surface area contributed by atoms with Crippen LogP contribution in [0.3, 0.4) is 0 Å². The molecule has 2 N–H and O–H groups in total. The largest absolute Gasteiger partial charge is 0.399 e. The maximum atomic E-state index is 5.79. The van der Waals surface area contributed by atoms with Crippen LogP contribution in [0.15, 0.2) is 30.9 Å². The van der Waals surface area contributed by atoms with E-state index in [9.17, 15) is 0 Å². The normalized spacial score (nSPS) is 15.0. The summed E-state index contributed by atoms with van der Waals surface area (Å²) in [6.07, 6.45) is 4.34. The van der Waals surface area contributed by atoms with E-state index in [0.29, 0.717) is 0 Å². The van der Waals surface area contributed by atoms with E-state index in [1.807, 2.05) is 12.1 Å². The van der Waals surface area contributed by atoms with Crippen molar-refractivity contribution in [1.82, 2.24) is 0 Å². The Morgan fingerprint density at radius 2 is 2.36 bits per heavy atom. The summed E-state index contributed by atoms with van der Waals surface area (Å²) in [6, 6.07) is 6.19. The molecule has 0 aliphatic carbocycles. The molecule has 74 valence electrons. The lowest BCUT2D eigenvalue weighted by Gasteiger charge is -2.30. The molecule has 1 aliphatic heterocycles.